The highest BCUT2D eigenvalue weighted by Crippen LogP contribution is 2.31. The summed E-state index contributed by atoms with van der Waals surface area (Å²) in [6.45, 7) is 0.377. The Kier molecular flexibility index (Phi) is 2.14. The summed E-state index contributed by atoms with van der Waals surface area (Å²) >= 11 is 1.67. The van der Waals surface area contributed by atoms with Crippen LogP contribution in [0, 0.1) is 0 Å². The molecule has 1 aromatic rings. The van der Waals surface area contributed by atoms with Gasteiger partial charge in [-0.15, -0.1) is 11.8 Å². The van der Waals surface area contributed by atoms with Crippen LogP contribution in [0.4, 0.5) is 5.69 Å². The minimum atomic E-state index is -0.0625. The Morgan fingerprint density at radius 2 is 2.31 bits per heavy atom. The largest absolute Gasteiger partial charge is 0.356 e. The first-order valence-electron chi connectivity index (χ1n) is 5.06. The molecular formula is C11H11N3OS. The number of nitrogens with one attached hydrogen (secondary N) is 1. The minimum absolute atomic E-state index is 0.0625. The summed E-state index contributed by atoms with van der Waals surface area (Å²) in [5.74, 6) is 0.742. The number of anilines is 1. The van der Waals surface area contributed by atoms with Gasteiger partial charge in [0.15, 0.2) is 0 Å². The van der Waals surface area contributed by atoms with Gasteiger partial charge in [0.2, 0.25) is 0 Å². The topological polar surface area (TPSA) is 44.7 Å². The smallest absolute Gasteiger partial charge is 0.267 e. The second kappa shape index (κ2) is 3.52. The lowest BCUT2D eigenvalue weighted by molar-refractivity contribution is -0.117. The molecule has 5 heteroatoms. The molecule has 0 saturated heterocycles. The zero-order valence-electron chi connectivity index (χ0n) is 8.80. The van der Waals surface area contributed by atoms with Gasteiger partial charge in [-0.25, -0.2) is 0 Å². The molecule has 82 valence electrons. The SMILES string of the molecule is CSC1Nc2ccccc2C2=NC(=O)CN21. The lowest BCUT2D eigenvalue weighted by atomic mass is 10.1. The average molecular weight is 233 g/mol. The number of amides is 1. The molecule has 2 aliphatic rings. The van der Waals surface area contributed by atoms with Crippen molar-refractivity contribution in [2.75, 3.05) is 18.1 Å². The van der Waals surface area contributed by atoms with E-state index in [1.54, 1.807) is 11.8 Å². The van der Waals surface area contributed by atoms with Crippen molar-refractivity contribution in [1.82, 2.24) is 4.90 Å². The van der Waals surface area contributed by atoms with E-state index in [0.717, 1.165) is 17.1 Å². The Balaban J connectivity index is 2.13. The molecule has 0 spiro atoms. The van der Waals surface area contributed by atoms with E-state index in [1.165, 1.54) is 0 Å². The Morgan fingerprint density at radius 3 is 3.12 bits per heavy atom. The van der Waals surface area contributed by atoms with E-state index in [0.29, 0.717) is 6.54 Å². The van der Waals surface area contributed by atoms with Crippen molar-refractivity contribution in [2.45, 2.75) is 5.50 Å². The summed E-state index contributed by atoms with van der Waals surface area (Å²) in [7, 11) is 0. The van der Waals surface area contributed by atoms with Gasteiger partial charge in [-0.3, -0.25) is 4.79 Å². The molecule has 0 radical (unpaired) electrons. The standard InChI is InChI=1S/C11H11N3OS/c1-16-11-12-8-5-3-2-4-7(8)10-13-9(15)6-14(10)11/h2-5,11-12H,6H2,1H3. The van der Waals surface area contributed by atoms with Crippen molar-refractivity contribution >= 4 is 29.2 Å². The van der Waals surface area contributed by atoms with Crippen molar-refractivity contribution < 1.29 is 4.79 Å². The monoisotopic (exact) mass is 233 g/mol. The highest BCUT2D eigenvalue weighted by Gasteiger charge is 2.35. The first kappa shape index (κ1) is 9.72. The maximum absolute atomic E-state index is 11.4. The normalized spacial score (nSPS) is 22.3. The van der Waals surface area contributed by atoms with E-state index in [-0.39, 0.29) is 11.4 Å². The van der Waals surface area contributed by atoms with Gasteiger partial charge < -0.3 is 10.2 Å². The Bertz CT molecular complexity index is 486. The van der Waals surface area contributed by atoms with E-state index in [9.17, 15) is 4.79 Å². The molecule has 1 unspecified atom stereocenters. The predicted octanol–water partition coefficient (Wildman–Crippen LogP) is 1.35. The van der Waals surface area contributed by atoms with Gasteiger partial charge in [0.05, 0.1) is 0 Å². The number of para-hydroxylation sites is 1. The molecule has 0 bridgehead atoms. The van der Waals surface area contributed by atoms with Crippen LogP contribution >= 0.6 is 11.8 Å². The summed E-state index contributed by atoms with van der Waals surface area (Å²) in [4.78, 5) is 17.5. The second-order valence-electron chi connectivity index (χ2n) is 3.74. The van der Waals surface area contributed by atoms with Crippen LogP contribution in [0.5, 0.6) is 0 Å². The molecular weight excluding hydrogens is 222 g/mol. The molecule has 1 atom stereocenters. The van der Waals surface area contributed by atoms with Gasteiger partial charge in [0.25, 0.3) is 5.91 Å². The van der Waals surface area contributed by atoms with Crippen LogP contribution in [-0.4, -0.2) is 34.9 Å². The number of amidine groups is 1. The summed E-state index contributed by atoms with van der Waals surface area (Å²) in [5, 5.41) is 3.39. The number of carbonyl (C=O) groups is 1. The van der Waals surface area contributed by atoms with Crippen LogP contribution < -0.4 is 5.32 Å². The highest BCUT2D eigenvalue weighted by molar-refractivity contribution is 7.99. The fraction of sp³-hybridized carbons (Fsp3) is 0.273. The zero-order valence-corrected chi connectivity index (χ0v) is 9.62. The molecule has 1 N–H and O–H groups in total. The molecule has 4 nitrogen and oxygen atoms in total. The number of benzene rings is 1. The quantitative estimate of drug-likeness (QED) is 0.795. The second-order valence-corrected chi connectivity index (χ2v) is 4.65. The maximum Gasteiger partial charge on any atom is 0.267 e. The van der Waals surface area contributed by atoms with Crippen molar-refractivity contribution in [1.29, 1.82) is 0 Å². The Labute approximate surface area is 97.7 Å². The molecule has 0 aliphatic carbocycles. The van der Waals surface area contributed by atoms with Gasteiger partial charge >= 0.3 is 0 Å². The molecule has 16 heavy (non-hydrogen) atoms. The first-order valence-corrected chi connectivity index (χ1v) is 6.35. The van der Waals surface area contributed by atoms with Crippen LogP contribution in [0.3, 0.4) is 0 Å². The lowest BCUT2D eigenvalue weighted by Crippen LogP contribution is -2.45. The van der Waals surface area contributed by atoms with Gasteiger partial charge in [-0.1, -0.05) is 12.1 Å². The summed E-state index contributed by atoms with van der Waals surface area (Å²) in [6.07, 6.45) is 2.02. The van der Waals surface area contributed by atoms with Crippen molar-refractivity contribution in [3.05, 3.63) is 29.8 Å². The van der Waals surface area contributed by atoms with Gasteiger partial charge in [-0.2, -0.15) is 4.99 Å². The molecule has 2 heterocycles. The average Bonchev–Trinajstić information content (AvgIpc) is 2.69. The molecule has 0 saturated carbocycles. The third-order valence-corrected chi connectivity index (χ3v) is 3.58. The molecule has 3 rings (SSSR count). The number of hydrogen-bond acceptors (Lipinski definition) is 4. The molecule has 0 fully saturated rings. The van der Waals surface area contributed by atoms with Crippen LogP contribution in [0.1, 0.15) is 5.56 Å². The summed E-state index contributed by atoms with van der Waals surface area (Å²) < 4.78 is 0. The maximum atomic E-state index is 11.4. The summed E-state index contributed by atoms with van der Waals surface area (Å²) in [5.41, 5.74) is 2.16. The Hall–Kier alpha value is -1.49. The molecule has 1 aromatic carbocycles. The van der Waals surface area contributed by atoms with E-state index in [2.05, 4.69) is 10.3 Å². The number of fused-ring (bicyclic) bond motifs is 3. The van der Waals surface area contributed by atoms with Crippen LogP contribution in [0.2, 0.25) is 0 Å². The fourth-order valence-electron chi connectivity index (χ4n) is 2.05. The number of aliphatic imine (C=N–C) groups is 1. The molecule has 0 aromatic heterocycles. The van der Waals surface area contributed by atoms with Gasteiger partial charge in [-0.05, 0) is 18.4 Å². The van der Waals surface area contributed by atoms with Crippen LogP contribution in [-0.2, 0) is 4.79 Å². The number of rotatable bonds is 1. The zero-order chi connectivity index (χ0) is 11.1. The van der Waals surface area contributed by atoms with E-state index in [4.69, 9.17) is 0 Å². The van der Waals surface area contributed by atoms with Crippen molar-refractivity contribution in [2.24, 2.45) is 4.99 Å². The molecule has 1 amide bonds. The third kappa shape index (κ3) is 1.31. The van der Waals surface area contributed by atoms with Gasteiger partial charge in [0, 0.05) is 11.3 Å². The molecule has 2 aliphatic heterocycles. The summed E-state index contributed by atoms with van der Waals surface area (Å²) in [6, 6.07) is 7.95. The van der Waals surface area contributed by atoms with Crippen LogP contribution in [0.25, 0.3) is 0 Å². The van der Waals surface area contributed by atoms with E-state index < -0.39 is 0 Å². The lowest BCUT2D eigenvalue weighted by Gasteiger charge is -2.35. The Morgan fingerprint density at radius 1 is 1.50 bits per heavy atom. The number of nitrogens with zero attached hydrogens (tertiary/aromatic N) is 2. The number of thioether (sulfide) groups is 1. The highest BCUT2D eigenvalue weighted by atomic mass is 32.2. The van der Waals surface area contributed by atoms with E-state index in [1.807, 2.05) is 35.4 Å². The number of hydrogen-bond donors (Lipinski definition) is 1. The number of carbonyl (C=O) groups excluding carboxylic acids is 1. The van der Waals surface area contributed by atoms with Crippen molar-refractivity contribution in [3.63, 3.8) is 0 Å². The van der Waals surface area contributed by atoms with Gasteiger partial charge in [0.1, 0.15) is 17.9 Å². The predicted molar refractivity (Wildman–Crippen MR) is 65.6 cm³/mol. The first-order chi connectivity index (χ1) is 7.79. The minimum Gasteiger partial charge on any atom is -0.356 e. The fourth-order valence-corrected chi connectivity index (χ4v) is 2.72. The van der Waals surface area contributed by atoms with Crippen molar-refractivity contribution in [3.8, 4) is 0 Å². The van der Waals surface area contributed by atoms with E-state index >= 15 is 0 Å². The third-order valence-electron chi connectivity index (χ3n) is 2.76. The van der Waals surface area contributed by atoms with Crippen LogP contribution in [0.15, 0.2) is 29.3 Å².